The van der Waals surface area contributed by atoms with E-state index in [0.717, 1.165) is 23.0 Å². The molecule has 1 aromatic carbocycles. The quantitative estimate of drug-likeness (QED) is 0.791. The van der Waals surface area contributed by atoms with Crippen molar-refractivity contribution in [1.29, 1.82) is 0 Å². The predicted molar refractivity (Wildman–Crippen MR) is 72.3 cm³/mol. The van der Waals surface area contributed by atoms with Gasteiger partial charge in [0.2, 0.25) is 5.91 Å². The molecule has 122 valence electrons. The van der Waals surface area contributed by atoms with Crippen molar-refractivity contribution in [3.05, 3.63) is 40.7 Å². The maximum absolute atomic E-state index is 13.1. The van der Waals surface area contributed by atoms with Crippen LogP contribution < -0.4 is 5.56 Å². The molecule has 2 aromatic rings. The van der Waals surface area contributed by atoms with Crippen molar-refractivity contribution < 1.29 is 22.4 Å². The van der Waals surface area contributed by atoms with Gasteiger partial charge in [-0.05, 0) is 18.6 Å². The smallest absolute Gasteiger partial charge is 0.332 e. The monoisotopic (exact) mass is 329 g/mol. The maximum Gasteiger partial charge on any atom is 0.406 e. The summed E-state index contributed by atoms with van der Waals surface area (Å²) in [5, 5.41) is 0.107. The number of hydrogen-bond donors (Lipinski definition) is 0. The zero-order valence-corrected chi connectivity index (χ0v) is 11.7. The Morgan fingerprint density at radius 2 is 2.00 bits per heavy atom. The highest BCUT2D eigenvalue weighted by Gasteiger charge is 2.40. The third kappa shape index (κ3) is 2.90. The van der Waals surface area contributed by atoms with Gasteiger partial charge in [0, 0.05) is 12.6 Å². The van der Waals surface area contributed by atoms with Crippen molar-refractivity contribution >= 4 is 16.8 Å². The number of rotatable bonds is 2. The van der Waals surface area contributed by atoms with E-state index < -0.39 is 36.0 Å². The van der Waals surface area contributed by atoms with Gasteiger partial charge in [-0.15, -0.1) is 0 Å². The van der Waals surface area contributed by atoms with Gasteiger partial charge in [-0.1, -0.05) is 0 Å². The number of likely N-dealkylation sites (tertiary alicyclic amines) is 1. The Labute approximate surface area is 127 Å². The number of benzene rings is 1. The SMILES string of the molecule is O=C1C(n2cnc3cc(F)ccc3c2=O)CCN1CC(F)(F)F. The second kappa shape index (κ2) is 5.32. The Balaban J connectivity index is 1.95. The van der Waals surface area contributed by atoms with Crippen LogP contribution in [0.25, 0.3) is 10.9 Å². The van der Waals surface area contributed by atoms with Crippen molar-refractivity contribution in [3.8, 4) is 0 Å². The van der Waals surface area contributed by atoms with Gasteiger partial charge in [0.1, 0.15) is 18.4 Å². The molecule has 23 heavy (non-hydrogen) atoms. The topological polar surface area (TPSA) is 55.2 Å². The number of carbonyl (C=O) groups excluding carboxylic acids is 1. The largest absolute Gasteiger partial charge is 0.406 e. The molecular formula is C14H11F4N3O2. The van der Waals surface area contributed by atoms with E-state index in [2.05, 4.69) is 4.98 Å². The zero-order valence-electron chi connectivity index (χ0n) is 11.7. The van der Waals surface area contributed by atoms with E-state index in [-0.39, 0.29) is 23.9 Å². The minimum absolute atomic E-state index is 0.0864. The number of halogens is 4. The molecule has 1 saturated heterocycles. The molecule has 3 rings (SSSR count). The number of carbonyl (C=O) groups is 1. The molecule has 0 bridgehead atoms. The average Bonchev–Trinajstić information content (AvgIpc) is 2.79. The molecule has 1 amide bonds. The summed E-state index contributed by atoms with van der Waals surface area (Å²) < 4.78 is 51.4. The molecule has 1 aliphatic rings. The lowest BCUT2D eigenvalue weighted by molar-refractivity contribution is -0.158. The van der Waals surface area contributed by atoms with Crippen LogP contribution in [-0.2, 0) is 4.79 Å². The van der Waals surface area contributed by atoms with Gasteiger partial charge in [-0.25, -0.2) is 9.37 Å². The summed E-state index contributed by atoms with van der Waals surface area (Å²) in [4.78, 5) is 29.1. The summed E-state index contributed by atoms with van der Waals surface area (Å²) in [5.74, 6) is -1.33. The molecule has 0 N–H and O–H groups in total. The molecule has 1 aromatic heterocycles. The van der Waals surface area contributed by atoms with Gasteiger partial charge in [-0.3, -0.25) is 14.2 Å². The summed E-state index contributed by atoms with van der Waals surface area (Å²) in [6.45, 7) is -1.43. The first kappa shape index (κ1) is 15.4. The average molecular weight is 329 g/mol. The van der Waals surface area contributed by atoms with Crippen LogP contribution in [0.2, 0.25) is 0 Å². The molecule has 1 fully saturated rings. The first-order valence-electron chi connectivity index (χ1n) is 6.78. The first-order chi connectivity index (χ1) is 10.8. The fourth-order valence-electron chi connectivity index (χ4n) is 2.68. The van der Waals surface area contributed by atoms with Crippen molar-refractivity contribution in [2.45, 2.75) is 18.6 Å². The number of fused-ring (bicyclic) bond motifs is 1. The van der Waals surface area contributed by atoms with Crippen LogP contribution in [0.3, 0.4) is 0 Å². The Bertz CT molecular complexity index is 831. The molecule has 5 nitrogen and oxygen atoms in total. The van der Waals surface area contributed by atoms with E-state index in [1.165, 1.54) is 6.07 Å². The van der Waals surface area contributed by atoms with Crippen LogP contribution in [0.4, 0.5) is 17.6 Å². The summed E-state index contributed by atoms with van der Waals surface area (Å²) >= 11 is 0. The third-order valence-electron chi connectivity index (χ3n) is 3.72. The highest BCUT2D eigenvalue weighted by Crippen LogP contribution is 2.26. The van der Waals surface area contributed by atoms with E-state index in [9.17, 15) is 27.2 Å². The fourth-order valence-corrected chi connectivity index (χ4v) is 2.68. The van der Waals surface area contributed by atoms with Gasteiger partial charge in [-0.2, -0.15) is 13.2 Å². The Hall–Kier alpha value is -2.45. The van der Waals surface area contributed by atoms with Gasteiger partial charge in [0.15, 0.2) is 0 Å². The van der Waals surface area contributed by atoms with Gasteiger partial charge < -0.3 is 4.90 Å². The Morgan fingerprint density at radius 1 is 1.26 bits per heavy atom. The molecule has 2 heterocycles. The molecule has 9 heteroatoms. The van der Waals surface area contributed by atoms with Crippen molar-refractivity contribution in [3.63, 3.8) is 0 Å². The molecule has 1 aliphatic heterocycles. The van der Waals surface area contributed by atoms with Gasteiger partial charge >= 0.3 is 6.18 Å². The van der Waals surface area contributed by atoms with Crippen LogP contribution in [0.1, 0.15) is 12.5 Å². The van der Waals surface area contributed by atoms with Gasteiger partial charge in [0.05, 0.1) is 17.2 Å². The first-order valence-corrected chi connectivity index (χ1v) is 6.78. The van der Waals surface area contributed by atoms with Crippen molar-refractivity contribution in [2.24, 2.45) is 0 Å². The number of alkyl halides is 3. The molecule has 0 aliphatic carbocycles. The normalized spacial score (nSPS) is 18.9. The summed E-state index contributed by atoms with van der Waals surface area (Å²) in [5.41, 5.74) is -0.453. The summed E-state index contributed by atoms with van der Waals surface area (Å²) in [6, 6.07) is 2.38. The van der Waals surface area contributed by atoms with E-state index in [1.807, 2.05) is 0 Å². The van der Waals surface area contributed by atoms with Crippen LogP contribution in [0.5, 0.6) is 0 Å². The Kier molecular flexibility index (Phi) is 3.57. The number of nitrogens with zero attached hydrogens (tertiary/aromatic N) is 3. The molecule has 0 radical (unpaired) electrons. The van der Waals surface area contributed by atoms with E-state index in [1.54, 1.807) is 0 Å². The van der Waals surface area contributed by atoms with E-state index in [4.69, 9.17) is 0 Å². The van der Waals surface area contributed by atoms with Crippen LogP contribution in [-0.4, -0.2) is 39.6 Å². The lowest BCUT2D eigenvalue weighted by atomic mass is 10.2. The molecule has 0 saturated carbocycles. The number of aromatic nitrogens is 2. The second-order valence-electron chi connectivity index (χ2n) is 5.30. The number of amides is 1. The van der Waals surface area contributed by atoms with Crippen LogP contribution in [0, 0.1) is 5.82 Å². The highest BCUT2D eigenvalue weighted by molar-refractivity contribution is 5.83. The minimum atomic E-state index is -4.49. The highest BCUT2D eigenvalue weighted by atomic mass is 19.4. The lowest BCUT2D eigenvalue weighted by Crippen LogP contribution is -2.38. The molecule has 1 unspecified atom stereocenters. The van der Waals surface area contributed by atoms with Crippen molar-refractivity contribution in [2.75, 3.05) is 13.1 Å². The third-order valence-corrected chi connectivity index (χ3v) is 3.72. The minimum Gasteiger partial charge on any atom is -0.332 e. The molecular weight excluding hydrogens is 318 g/mol. The fraction of sp³-hybridized carbons (Fsp3) is 0.357. The van der Waals surface area contributed by atoms with Crippen molar-refractivity contribution in [1.82, 2.24) is 14.5 Å². The van der Waals surface area contributed by atoms with Crippen LogP contribution in [0.15, 0.2) is 29.3 Å². The van der Waals surface area contributed by atoms with Gasteiger partial charge in [0.25, 0.3) is 5.56 Å². The Morgan fingerprint density at radius 3 is 2.70 bits per heavy atom. The molecule has 0 spiro atoms. The maximum atomic E-state index is 13.1. The second-order valence-corrected chi connectivity index (χ2v) is 5.30. The summed E-state index contributed by atoms with van der Waals surface area (Å²) in [6.07, 6.45) is -3.33. The summed E-state index contributed by atoms with van der Waals surface area (Å²) in [7, 11) is 0. The van der Waals surface area contributed by atoms with Crippen LogP contribution >= 0.6 is 0 Å². The van der Waals surface area contributed by atoms with E-state index >= 15 is 0 Å². The lowest BCUT2D eigenvalue weighted by Gasteiger charge is -2.19. The predicted octanol–water partition coefficient (Wildman–Crippen LogP) is 1.87. The zero-order chi connectivity index (χ0) is 16.8. The van der Waals surface area contributed by atoms with E-state index in [0.29, 0.717) is 4.90 Å². The molecule has 1 atom stereocenters. The number of hydrogen-bond acceptors (Lipinski definition) is 3. The standard InChI is InChI=1S/C14H11F4N3O2/c15-8-1-2-9-10(5-8)19-7-21(12(9)22)11-3-4-20(13(11)23)6-14(16,17)18/h1-2,5,7,11H,3-4,6H2.